The third kappa shape index (κ3) is 4.22. The lowest BCUT2D eigenvalue weighted by Gasteiger charge is -2.14. The third-order valence-corrected chi connectivity index (χ3v) is 3.79. The summed E-state index contributed by atoms with van der Waals surface area (Å²) in [7, 11) is 1.65. The van der Waals surface area contributed by atoms with E-state index < -0.39 is 11.7 Å². The van der Waals surface area contributed by atoms with E-state index in [1.54, 1.807) is 19.2 Å². The fourth-order valence-corrected chi connectivity index (χ4v) is 2.25. The van der Waals surface area contributed by atoms with Gasteiger partial charge in [0.15, 0.2) is 0 Å². The summed E-state index contributed by atoms with van der Waals surface area (Å²) in [4.78, 5) is 12.0. The molecule has 0 aliphatic rings. The van der Waals surface area contributed by atoms with Crippen LogP contribution in [-0.2, 0) is 6.54 Å². The van der Waals surface area contributed by atoms with E-state index in [0.29, 0.717) is 11.4 Å². The average molecular weight is 389 g/mol. The standard InChI is InChI=1S/C14H15BrClN3O3/c1-17-12-6-18-19(14(21)13(12)16)7-10(20)8-22-11-4-2-9(15)3-5-11/h2-6,10,17,20H,7-8H2,1H3. The lowest BCUT2D eigenvalue weighted by molar-refractivity contribution is 0.0880. The highest BCUT2D eigenvalue weighted by atomic mass is 79.9. The van der Waals surface area contributed by atoms with Crippen LogP contribution < -0.4 is 15.6 Å². The lowest BCUT2D eigenvalue weighted by atomic mass is 10.3. The molecular formula is C14H15BrClN3O3. The van der Waals surface area contributed by atoms with E-state index >= 15 is 0 Å². The zero-order chi connectivity index (χ0) is 16.1. The largest absolute Gasteiger partial charge is 0.491 e. The monoisotopic (exact) mass is 387 g/mol. The van der Waals surface area contributed by atoms with Gasteiger partial charge in [0.25, 0.3) is 5.56 Å². The topological polar surface area (TPSA) is 76.4 Å². The minimum atomic E-state index is -0.884. The van der Waals surface area contributed by atoms with Crippen molar-refractivity contribution < 1.29 is 9.84 Å². The second kappa shape index (κ2) is 7.62. The number of nitrogens with one attached hydrogen (secondary N) is 1. The fourth-order valence-electron chi connectivity index (χ4n) is 1.74. The van der Waals surface area contributed by atoms with Crippen molar-refractivity contribution in [3.8, 4) is 5.75 Å². The molecule has 6 nitrogen and oxygen atoms in total. The van der Waals surface area contributed by atoms with Crippen molar-refractivity contribution in [2.45, 2.75) is 12.6 Å². The minimum absolute atomic E-state index is 0.000917. The van der Waals surface area contributed by atoms with E-state index in [2.05, 4.69) is 26.3 Å². The Morgan fingerprint density at radius 2 is 2.14 bits per heavy atom. The lowest BCUT2D eigenvalue weighted by Crippen LogP contribution is -2.32. The summed E-state index contributed by atoms with van der Waals surface area (Å²) >= 11 is 9.24. The van der Waals surface area contributed by atoms with E-state index in [1.807, 2.05) is 12.1 Å². The van der Waals surface area contributed by atoms with Crippen molar-refractivity contribution in [2.24, 2.45) is 0 Å². The fraction of sp³-hybridized carbons (Fsp3) is 0.286. The molecular weight excluding hydrogens is 374 g/mol. The quantitative estimate of drug-likeness (QED) is 0.793. The Bertz CT molecular complexity index is 691. The van der Waals surface area contributed by atoms with Crippen molar-refractivity contribution in [2.75, 3.05) is 19.0 Å². The van der Waals surface area contributed by atoms with Crippen LogP contribution in [0.3, 0.4) is 0 Å². The van der Waals surface area contributed by atoms with E-state index in [0.717, 1.165) is 9.15 Å². The summed E-state index contributed by atoms with van der Waals surface area (Å²) < 4.78 is 7.50. The maximum atomic E-state index is 12.0. The third-order valence-electron chi connectivity index (χ3n) is 2.89. The molecule has 2 rings (SSSR count). The van der Waals surface area contributed by atoms with Gasteiger partial charge in [0.05, 0.1) is 18.4 Å². The van der Waals surface area contributed by atoms with Gasteiger partial charge >= 0.3 is 0 Å². The second-order valence-electron chi connectivity index (χ2n) is 4.53. The maximum Gasteiger partial charge on any atom is 0.287 e. The van der Waals surface area contributed by atoms with Crippen LogP contribution in [0, 0.1) is 0 Å². The molecule has 118 valence electrons. The molecule has 0 saturated heterocycles. The van der Waals surface area contributed by atoms with Crippen LogP contribution in [0.2, 0.25) is 5.02 Å². The molecule has 0 saturated carbocycles. The van der Waals surface area contributed by atoms with Crippen LogP contribution in [0.5, 0.6) is 5.75 Å². The van der Waals surface area contributed by atoms with Crippen LogP contribution in [0.1, 0.15) is 0 Å². The van der Waals surface area contributed by atoms with Gasteiger partial charge < -0.3 is 15.2 Å². The number of benzene rings is 1. The zero-order valence-electron chi connectivity index (χ0n) is 11.8. The first-order chi connectivity index (χ1) is 10.5. The smallest absolute Gasteiger partial charge is 0.287 e. The van der Waals surface area contributed by atoms with E-state index in [9.17, 15) is 9.90 Å². The molecule has 0 spiro atoms. The van der Waals surface area contributed by atoms with Gasteiger partial charge in [-0.1, -0.05) is 27.5 Å². The van der Waals surface area contributed by atoms with Crippen LogP contribution in [0.4, 0.5) is 5.69 Å². The highest BCUT2D eigenvalue weighted by Crippen LogP contribution is 2.16. The molecule has 22 heavy (non-hydrogen) atoms. The first-order valence-electron chi connectivity index (χ1n) is 6.51. The normalized spacial score (nSPS) is 12.0. The maximum absolute atomic E-state index is 12.0. The van der Waals surface area contributed by atoms with Gasteiger partial charge in [-0.3, -0.25) is 4.79 Å². The van der Waals surface area contributed by atoms with Crippen molar-refractivity contribution in [1.29, 1.82) is 0 Å². The number of halogens is 2. The number of nitrogens with zero attached hydrogens (tertiary/aromatic N) is 2. The molecule has 0 radical (unpaired) electrons. The Morgan fingerprint density at radius 3 is 2.77 bits per heavy atom. The van der Waals surface area contributed by atoms with Crippen LogP contribution in [0.15, 0.2) is 39.7 Å². The molecule has 1 atom stereocenters. The summed E-state index contributed by atoms with van der Waals surface area (Å²) in [5.41, 5.74) is -0.0141. The Kier molecular flexibility index (Phi) is 5.82. The molecule has 1 heterocycles. The van der Waals surface area contributed by atoms with Gasteiger partial charge in [-0.15, -0.1) is 0 Å². The second-order valence-corrected chi connectivity index (χ2v) is 5.82. The Hall–Kier alpha value is -1.57. The summed E-state index contributed by atoms with van der Waals surface area (Å²) in [5.74, 6) is 0.631. The minimum Gasteiger partial charge on any atom is -0.491 e. The van der Waals surface area contributed by atoms with Crippen molar-refractivity contribution in [3.63, 3.8) is 0 Å². The number of aliphatic hydroxyl groups is 1. The van der Waals surface area contributed by atoms with Crippen LogP contribution >= 0.6 is 27.5 Å². The molecule has 0 bridgehead atoms. The van der Waals surface area contributed by atoms with Crippen LogP contribution in [-0.4, -0.2) is 34.6 Å². The number of hydrogen-bond donors (Lipinski definition) is 2. The van der Waals surface area contributed by atoms with Gasteiger partial charge in [-0.2, -0.15) is 5.10 Å². The van der Waals surface area contributed by atoms with E-state index in [1.165, 1.54) is 6.20 Å². The van der Waals surface area contributed by atoms with Crippen molar-refractivity contribution in [1.82, 2.24) is 9.78 Å². The highest BCUT2D eigenvalue weighted by molar-refractivity contribution is 9.10. The van der Waals surface area contributed by atoms with Gasteiger partial charge in [0.2, 0.25) is 0 Å². The first-order valence-corrected chi connectivity index (χ1v) is 7.68. The molecule has 1 aromatic heterocycles. The first kappa shape index (κ1) is 16.8. The number of hydrogen-bond acceptors (Lipinski definition) is 5. The summed E-state index contributed by atoms with van der Waals surface area (Å²) in [6, 6.07) is 7.23. The highest BCUT2D eigenvalue weighted by Gasteiger charge is 2.12. The summed E-state index contributed by atoms with van der Waals surface area (Å²) in [6.07, 6.45) is 0.553. The molecule has 0 aliphatic carbocycles. The molecule has 0 amide bonds. The van der Waals surface area contributed by atoms with Gasteiger partial charge in [-0.05, 0) is 24.3 Å². The molecule has 1 unspecified atom stereocenters. The Morgan fingerprint density at radius 1 is 1.45 bits per heavy atom. The summed E-state index contributed by atoms with van der Waals surface area (Å²) in [5, 5.41) is 16.7. The van der Waals surface area contributed by atoms with Gasteiger partial charge in [-0.25, -0.2) is 4.68 Å². The molecule has 0 fully saturated rings. The Labute approximate surface area is 140 Å². The number of anilines is 1. The predicted octanol–water partition coefficient (Wildman–Crippen LogP) is 2.14. The molecule has 1 aromatic carbocycles. The summed E-state index contributed by atoms with van der Waals surface area (Å²) in [6.45, 7) is 0.0419. The Balaban J connectivity index is 1.97. The molecule has 8 heteroatoms. The predicted molar refractivity (Wildman–Crippen MR) is 88.7 cm³/mol. The number of ether oxygens (including phenoxy) is 1. The molecule has 0 aliphatic heterocycles. The van der Waals surface area contributed by atoms with Crippen LogP contribution in [0.25, 0.3) is 0 Å². The number of aromatic nitrogens is 2. The van der Waals surface area contributed by atoms with Gasteiger partial charge in [0.1, 0.15) is 23.5 Å². The number of rotatable bonds is 6. The number of aliphatic hydroxyl groups excluding tert-OH is 1. The zero-order valence-corrected chi connectivity index (χ0v) is 14.1. The average Bonchev–Trinajstić information content (AvgIpc) is 2.51. The van der Waals surface area contributed by atoms with Crippen molar-refractivity contribution in [3.05, 3.63) is 50.3 Å². The molecule has 2 N–H and O–H groups in total. The SMILES string of the molecule is CNc1cnn(CC(O)COc2ccc(Br)cc2)c(=O)c1Cl. The van der Waals surface area contributed by atoms with Crippen molar-refractivity contribution >= 4 is 33.2 Å². The van der Waals surface area contributed by atoms with E-state index in [-0.39, 0.29) is 18.2 Å². The molecule has 2 aromatic rings. The van der Waals surface area contributed by atoms with Gasteiger partial charge in [0, 0.05) is 11.5 Å². The van der Waals surface area contributed by atoms with E-state index in [4.69, 9.17) is 16.3 Å².